The molecular weight excluding hydrogens is 256 g/mol. The van der Waals surface area contributed by atoms with E-state index >= 15 is 0 Å². The third-order valence-electron chi connectivity index (χ3n) is 3.65. The number of carbonyl (C=O) groups excluding carboxylic acids is 1. The van der Waals surface area contributed by atoms with Crippen molar-refractivity contribution in [1.29, 1.82) is 0 Å². The molecule has 7 nitrogen and oxygen atoms in total. The Morgan fingerprint density at radius 2 is 2.15 bits per heavy atom. The fraction of sp³-hybridized carbons (Fsp3) is 0.615. The van der Waals surface area contributed by atoms with E-state index in [1.54, 1.807) is 0 Å². The van der Waals surface area contributed by atoms with Crippen LogP contribution in [0, 0.1) is 5.92 Å². The zero-order chi connectivity index (χ0) is 14.5. The van der Waals surface area contributed by atoms with E-state index in [-0.39, 0.29) is 5.91 Å². The van der Waals surface area contributed by atoms with E-state index in [1.165, 1.54) is 0 Å². The summed E-state index contributed by atoms with van der Waals surface area (Å²) in [5, 5.41) is 0. The molecule has 0 spiro atoms. The summed E-state index contributed by atoms with van der Waals surface area (Å²) in [6, 6.07) is 1.85. The molecule has 0 radical (unpaired) electrons. The van der Waals surface area contributed by atoms with Gasteiger partial charge < -0.3 is 16.1 Å². The number of nitrogen functional groups attached to an aromatic ring is 1. The van der Waals surface area contributed by atoms with Crippen molar-refractivity contribution in [3.63, 3.8) is 0 Å². The molecule has 0 bridgehead atoms. The molecule has 2 heterocycles. The van der Waals surface area contributed by atoms with Crippen molar-refractivity contribution >= 4 is 17.5 Å². The molecule has 2 rings (SSSR count). The molecule has 110 valence electrons. The van der Waals surface area contributed by atoms with Crippen molar-refractivity contribution in [3.05, 3.63) is 11.9 Å². The van der Waals surface area contributed by atoms with Crippen LogP contribution in [-0.4, -0.2) is 29.0 Å². The standard InChI is InChI=1S/C13H22N6O/c1-2-11-16-12(18-15)8-13(17-11)19-5-3-9(4-6-19)7-10(14)20/h8-9H,2-7,15H2,1H3,(H2,14,20)(H,16,17,18). The van der Waals surface area contributed by atoms with Crippen LogP contribution in [0.3, 0.4) is 0 Å². The molecule has 5 N–H and O–H groups in total. The van der Waals surface area contributed by atoms with Gasteiger partial charge in [-0.3, -0.25) is 4.79 Å². The fourth-order valence-corrected chi connectivity index (χ4v) is 2.53. The highest BCUT2D eigenvalue weighted by Gasteiger charge is 2.22. The van der Waals surface area contributed by atoms with E-state index in [4.69, 9.17) is 11.6 Å². The first-order chi connectivity index (χ1) is 9.62. The van der Waals surface area contributed by atoms with Gasteiger partial charge in [0.1, 0.15) is 17.5 Å². The number of hydrogen-bond donors (Lipinski definition) is 3. The molecule has 1 aliphatic rings. The van der Waals surface area contributed by atoms with Crippen LogP contribution in [0.4, 0.5) is 11.6 Å². The van der Waals surface area contributed by atoms with Gasteiger partial charge in [-0.1, -0.05) is 6.92 Å². The maximum absolute atomic E-state index is 11.0. The predicted molar refractivity (Wildman–Crippen MR) is 78.0 cm³/mol. The van der Waals surface area contributed by atoms with Crippen molar-refractivity contribution in [2.45, 2.75) is 32.6 Å². The number of anilines is 2. The van der Waals surface area contributed by atoms with Crippen LogP contribution in [0.5, 0.6) is 0 Å². The Labute approximate surface area is 118 Å². The van der Waals surface area contributed by atoms with Gasteiger partial charge in [0.15, 0.2) is 0 Å². The summed E-state index contributed by atoms with van der Waals surface area (Å²) in [4.78, 5) is 22.0. The average molecular weight is 278 g/mol. The SMILES string of the molecule is CCc1nc(NN)cc(N2CCC(CC(N)=O)CC2)n1. The third kappa shape index (κ3) is 3.57. The second-order valence-electron chi connectivity index (χ2n) is 5.13. The summed E-state index contributed by atoms with van der Waals surface area (Å²) in [6.45, 7) is 3.77. The lowest BCUT2D eigenvalue weighted by Gasteiger charge is -2.32. The third-order valence-corrected chi connectivity index (χ3v) is 3.65. The molecule has 1 aromatic heterocycles. The number of amides is 1. The van der Waals surface area contributed by atoms with Crippen molar-refractivity contribution in [3.8, 4) is 0 Å². The van der Waals surface area contributed by atoms with E-state index in [2.05, 4.69) is 20.3 Å². The highest BCUT2D eigenvalue weighted by molar-refractivity contribution is 5.74. The number of aromatic nitrogens is 2. The predicted octanol–water partition coefficient (Wildman–Crippen LogP) is 0.416. The van der Waals surface area contributed by atoms with Gasteiger partial charge >= 0.3 is 0 Å². The highest BCUT2D eigenvalue weighted by Crippen LogP contribution is 2.25. The van der Waals surface area contributed by atoms with Crippen LogP contribution in [0.2, 0.25) is 0 Å². The minimum Gasteiger partial charge on any atom is -0.370 e. The number of nitrogens with one attached hydrogen (secondary N) is 1. The van der Waals surface area contributed by atoms with E-state index in [1.807, 2.05) is 13.0 Å². The average Bonchev–Trinajstić information content (AvgIpc) is 2.46. The Morgan fingerprint density at radius 1 is 1.45 bits per heavy atom. The molecule has 1 amide bonds. The maximum atomic E-state index is 11.0. The molecule has 20 heavy (non-hydrogen) atoms. The smallest absolute Gasteiger partial charge is 0.217 e. The maximum Gasteiger partial charge on any atom is 0.217 e. The zero-order valence-electron chi connectivity index (χ0n) is 11.8. The number of hydrazine groups is 1. The van der Waals surface area contributed by atoms with Gasteiger partial charge in [0.05, 0.1) is 0 Å². The molecule has 0 saturated carbocycles. The van der Waals surface area contributed by atoms with Crippen LogP contribution in [-0.2, 0) is 11.2 Å². The molecule has 0 unspecified atom stereocenters. The summed E-state index contributed by atoms with van der Waals surface area (Å²) in [5.41, 5.74) is 7.83. The first kappa shape index (κ1) is 14.5. The summed E-state index contributed by atoms with van der Waals surface area (Å²) in [6.07, 6.45) is 3.16. The Bertz CT molecular complexity index is 448. The second-order valence-corrected chi connectivity index (χ2v) is 5.13. The second kappa shape index (κ2) is 6.51. The summed E-state index contributed by atoms with van der Waals surface area (Å²) >= 11 is 0. The molecule has 7 heteroatoms. The lowest BCUT2D eigenvalue weighted by molar-refractivity contribution is -0.119. The number of nitrogens with zero attached hydrogens (tertiary/aromatic N) is 3. The molecule has 1 saturated heterocycles. The van der Waals surface area contributed by atoms with Crippen molar-refractivity contribution in [1.82, 2.24) is 9.97 Å². The Morgan fingerprint density at radius 3 is 2.70 bits per heavy atom. The number of rotatable bonds is 5. The number of carbonyl (C=O) groups is 1. The topological polar surface area (TPSA) is 110 Å². The largest absolute Gasteiger partial charge is 0.370 e. The van der Waals surface area contributed by atoms with Crippen molar-refractivity contribution in [2.75, 3.05) is 23.4 Å². The lowest BCUT2D eigenvalue weighted by atomic mass is 9.93. The minimum absolute atomic E-state index is 0.214. The summed E-state index contributed by atoms with van der Waals surface area (Å²) in [7, 11) is 0. The number of primary amides is 1. The number of hydrogen-bond acceptors (Lipinski definition) is 6. The van der Waals surface area contributed by atoms with E-state index in [0.717, 1.165) is 44.0 Å². The van der Waals surface area contributed by atoms with Crippen LogP contribution >= 0.6 is 0 Å². The fourth-order valence-electron chi connectivity index (χ4n) is 2.53. The molecular formula is C13H22N6O. The first-order valence-corrected chi connectivity index (χ1v) is 7.00. The van der Waals surface area contributed by atoms with E-state index in [0.29, 0.717) is 18.2 Å². The monoisotopic (exact) mass is 278 g/mol. The first-order valence-electron chi connectivity index (χ1n) is 7.00. The molecule has 0 aromatic carbocycles. The summed E-state index contributed by atoms with van der Waals surface area (Å²) in [5.74, 6) is 7.91. The Hall–Kier alpha value is -1.89. The molecule has 1 aliphatic heterocycles. The van der Waals surface area contributed by atoms with Gasteiger partial charge in [0.25, 0.3) is 0 Å². The number of nitrogens with two attached hydrogens (primary N) is 2. The Kier molecular flexibility index (Phi) is 4.73. The van der Waals surface area contributed by atoms with Crippen LogP contribution in [0.15, 0.2) is 6.07 Å². The van der Waals surface area contributed by atoms with E-state index in [9.17, 15) is 4.79 Å². The number of piperidine rings is 1. The highest BCUT2D eigenvalue weighted by atomic mass is 16.1. The van der Waals surface area contributed by atoms with Gasteiger partial charge in [0, 0.05) is 32.0 Å². The number of aryl methyl sites for hydroxylation is 1. The van der Waals surface area contributed by atoms with Gasteiger partial charge in [-0.15, -0.1) is 0 Å². The van der Waals surface area contributed by atoms with Gasteiger partial charge in [-0.05, 0) is 18.8 Å². The van der Waals surface area contributed by atoms with Crippen molar-refractivity contribution < 1.29 is 4.79 Å². The minimum atomic E-state index is -0.214. The van der Waals surface area contributed by atoms with Crippen LogP contribution < -0.4 is 21.9 Å². The lowest BCUT2D eigenvalue weighted by Crippen LogP contribution is -2.35. The van der Waals surface area contributed by atoms with Gasteiger partial charge in [0.2, 0.25) is 5.91 Å². The quantitative estimate of drug-likeness (QED) is 0.531. The molecule has 1 fully saturated rings. The molecule has 0 atom stereocenters. The van der Waals surface area contributed by atoms with E-state index < -0.39 is 0 Å². The normalized spacial score (nSPS) is 16.2. The molecule has 0 aliphatic carbocycles. The molecule has 1 aromatic rings. The Balaban J connectivity index is 2.04. The van der Waals surface area contributed by atoms with Gasteiger partial charge in [-0.25, -0.2) is 15.8 Å². The summed E-state index contributed by atoms with van der Waals surface area (Å²) < 4.78 is 0. The van der Waals surface area contributed by atoms with Gasteiger partial charge in [-0.2, -0.15) is 0 Å². The van der Waals surface area contributed by atoms with Crippen LogP contribution in [0.25, 0.3) is 0 Å². The zero-order valence-corrected chi connectivity index (χ0v) is 11.8. The van der Waals surface area contributed by atoms with Crippen LogP contribution in [0.1, 0.15) is 32.0 Å². The van der Waals surface area contributed by atoms with Crippen molar-refractivity contribution in [2.24, 2.45) is 17.5 Å².